The van der Waals surface area contributed by atoms with Crippen LogP contribution < -0.4 is 0 Å². The van der Waals surface area contributed by atoms with Crippen molar-refractivity contribution in [1.29, 1.82) is 0 Å². The molecule has 0 bridgehead atoms. The monoisotopic (exact) mass is 482 g/mol. The minimum absolute atomic E-state index is 0.0852. The number of aldehydes is 1. The summed E-state index contributed by atoms with van der Waals surface area (Å²) in [7, 11) is 0. The molecule has 1 aromatic rings. The Morgan fingerprint density at radius 3 is 2.09 bits per heavy atom. The second kappa shape index (κ2) is 18.1. The van der Waals surface area contributed by atoms with Crippen molar-refractivity contribution in [1.82, 2.24) is 0 Å². The smallest absolute Gasteiger partial charge is 0.334 e. The highest BCUT2D eigenvalue weighted by Gasteiger charge is 2.43. The van der Waals surface area contributed by atoms with Crippen LogP contribution in [0.5, 0.6) is 0 Å². The van der Waals surface area contributed by atoms with E-state index in [4.69, 9.17) is 9.47 Å². The van der Waals surface area contributed by atoms with Crippen molar-refractivity contribution in [3.63, 3.8) is 0 Å². The molecule has 1 atom stereocenters. The topological polar surface area (TPSA) is 52.6 Å². The predicted molar refractivity (Wildman–Crippen MR) is 143 cm³/mol. The van der Waals surface area contributed by atoms with Crippen molar-refractivity contribution in [3.8, 4) is 0 Å². The van der Waals surface area contributed by atoms with Gasteiger partial charge in [-0.1, -0.05) is 107 Å². The first-order chi connectivity index (χ1) is 17.2. The summed E-state index contributed by atoms with van der Waals surface area (Å²) >= 11 is 0. The van der Waals surface area contributed by atoms with Crippen LogP contribution in [0.2, 0.25) is 0 Å². The highest BCUT2D eigenvalue weighted by Crippen LogP contribution is 2.30. The fourth-order valence-electron chi connectivity index (χ4n) is 4.42. The normalized spacial score (nSPS) is 19.0. The Balaban J connectivity index is 1.51. The molecule has 0 radical (unpaired) electrons. The Morgan fingerprint density at radius 1 is 0.857 bits per heavy atom. The van der Waals surface area contributed by atoms with Gasteiger partial charge in [0.2, 0.25) is 0 Å². The Hall–Kier alpha value is -2.20. The maximum Gasteiger partial charge on any atom is 0.334 e. The number of carbonyl (C=O) groups is 2. The minimum Gasteiger partial charge on any atom is -0.445 e. The van der Waals surface area contributed by atoms with Gasteiger partial charge in [0.1, 0.15) is 0 Å². The number of ether oxygens (including phenoxy) is 2. The van der Waals surface area contributed by atoms with E-state index in [1.165, 1.54) is 77.0 Å². The summed E-state index contributed by atoms with van der Waals surface area (Å²) < 4.78 is 11.1. The lowest BCUT2D eigenvalue weighted by molar-refractivity contribution is -0.157. The van der Waals surface area contributed by atoms with E-state index in [2.05, 4.69) is 19.1 Å². The van der Waals surface area contributed by atoms with Gasteiger partial charge in [-0.15, -0.1) is 0 Å². The number of esters is 1. The number of carbonyl (C=O) groups excluding carboxylic acids is 2. The molecular formula is C31H46O4. The average Bonchev–Trinajstić information content (AvgIpc) is 3.20. The highest BCUT2D eigenvalue weighted by molar-refractivity contribution is 5.94. The number of hydrogen-bond acceptors (Lipinski definition) is 4. The number of hydrogen-bond donors (Lipinski definition) is 0. The molecule has 1 aliphatic heterocycles. The van der Waals surface area contributed by atoms with Crippen molar-refractivity contribution in [3.05, 3.63) is 59.7 Å². The molecule has 0 aliphatic carbocycles. The van der Waals surface area contributed by atoms with Crippen LogP contribution in [0.3, 0.4) is 0 Å². The first-order valence-electron chi connectivity index (χ1n) is 13.8. The van der Waals surface area contributed by atoms with Crippen LogP contribution in [0.25, 0.3) is 0 Å². The highest BCUT2D eigenvalue weighted by atomic mass is 16.6. The molecular weight excluding hydrogens is 436 g/mol. The molecule has 1 saturated heterocycles. The quantitative estimate of drug-likeness (QED) is 0.0620. The van der Waals surface area contributed by atoms with Crippen LogP contribution in [0.1, 0.15) is 109 Å². The summed E-state index contributed by atoms with van der Waals surface area (Å²) in [5.41, 5.74) is 0.453. The molecule has 194 valence electrons. The Kier molecular flexibility index (Phi) is 15.0. The molecule has 1 aliphatic rings. The zero-order valence-electron chi connectivity index (χ0n) is 21.8. The van der Waals surface area contributed by atoms with Gasteiger partial charge < -0.3 is 9.47 Å². The van der Waals surface area contributed by atoms with Crippen LogP contribution in [-0.2, 0) is 25.7 Å². The maximum atomic E-state index is 12.3. The third-order valence-electron chi connectivity index (χ3n) is 6.58. The molecule has 1 heterocycles. The molecule has 0 unspecified atom stereocenters. The Morgan fingerprint density at radius 2 is 1.46 bits per heavy atom. The van der Waals surface area contributed by atoms with Gasteiger partial charge in [-0.05, 0) is 44.1 Å². The van der Waals surface area contributed by atoms with Crippen LogP contribution in [0.15, 0.2) is 54.1 Å². The van der Waals surface area contributed by atoms with Crippen LogP contribution in [0, 0.1) is 0 Å². The fraction of sp³-hybridized carbons (Fsp3) is 0.613. The molecule has 4 nitrogen and oxygen atoms in total. The summed E-state index contributed by atoms with van der Waals surface area (Å²) in [4.78, 5) is 24.0. The first kappa shape index (κ1) is 29.0. The van der Waals surface area contributed by atoms with E-state index in [1.54, 1.807) is 0 Å². The molecule has 1 aromatic carbocycles. The minimum atomic E-state index is -1.18. The average molecular weight is 483 g/mol. The van der Waals surface area contributed by atoms with Gasteiger partial charge in [0.25, 0.3) is 0 Å². The summed E-state index contributed by atoms with van der Waals surface area (Å²) in [6.07, 6.45) is 25.1. The van der Waals surface area contributed by atoms with E-state index in [0.29, 0.717) is 18.6 Å². The molecule has 35 heavy (non-hydrogen) atoms. The lowest BCUT2D eigenvalue weighted by atomic mass is 9.99. The van der Waals surface area contributed by atoms with Gasteiger partial charge >= 0.3 is 5.97 Å². The maximum absolute atomic E-state index is 12.3. The molecule has 0 saturated carbocycles. The summed E-state index contributed by atoms with van der Waals surface area (Å²) in [5, 5.41) is 0. The largest absolute Gasteiger partial charge is 0.445 e. The number of rotatable bonds is 20. The third-order valence-corrected chi connectivity index (χ3v) is 6.58. The lowest BCUT2D eigenvalue weighted by Crippen LogP contribution is -2.36. The molecule has 2 rings (SSSR count). The van der Waals surface area contributed by atoms with Crippen LogP contribution in [0.4, 0.5) is 0 Å². The van der Waals surface area contributed by atoms with Crippen molar-refractivity contribution in [2.45, 2.75) is 115 Å². The van der Waals surface area contributed by atoms with Crippen molar-refractivity contribution in [2.75, 3.05) is 6.61 Å². The summed E-state index contributed by atoms with van der Waals surface area (Å²) in [6, 6.07) is 9.77. The number of unbranched alkanes of at least 4 members (excludes halogenated alkanes) is 12. The van der Waals surface area contributed by atoms with Gasteiger partial charge in [-0.3, -0.25) is 4.79 Å². The fourth-order valence-corrected chi connectivity index (χ4v) is 4.42. The van der Waals surface area contributed by atoms with Crippen LogP contribution in [-0.4, -0.2) is 24.5 Å². The van der Waals surface area contributed by atoms with Crippen molar-refractivity contribution in [2.24, 2.45) is 0 Å². The molecule has 0 aromatic heterocycles. The van der Waals surface area contributed by atoms with E-state index < -0.39 is 5.60 Å². The van der Waals surface area contributed by atoms with Gasteiger partial charge in [0.05, 0.1) is 13.2 Å². The van der Waals surface area contributed by atoms with Gasteiger partial charge in [0.15, 0.2) is 11.9 Å². The molecule has 1 fully saturated rings. The van der Waals surface area contributed by atoms with Crippen molar-refractivity contribution < 1.29 is 19.1 Å². The van der Waals surface area contributed by atoms with E-state index in [1.807, 2.05) is 36.4 Å². The predicted octanol–water partition coefficient (Wildman–Crippen LogP) is 8.05. The number of benzene rings is 1. The zero-order chi connectivity index (χ0) is 25.0. The lowest BCUT2D eigenvalue weighted by Gasteiger charge is -2.20. The van der Waals surface area contributed by atoms with Gasteiger partial charge in [-0.25, -0.2) is 4.79 Å². The van der Waals surface area contributed by atoms with E-state index in [9.17, 15) is 9.59 Å². The standard InChI is InChI=1S/C31H46O4/c1-2-3-4-5-6-7-8-9-10-11-12-13-14-15-16-20-23-29-24-31(26-32,35-30(29)33)27-34-25-28-21-18-17-19-22-28/h9-10,17-19,21-23,26H,2-8,11-16,20,24-25,27H2,1H3/b10-9-,29-23+/t31-/m0/s1. The van der Waals surface area contributed by atoms with E-state index >= 15 is 0 Å². The zero-order valence-corrected chi connectivity index (χ0v) is 21.8. The van der Waals surface area contributed by atoms with Crippen molar-refractivity contribution >= 4 is 12.3 Å². The SMILES string of the molecule is CCCCCCCC/C=C\CCCCCCC/C=C1\C[C@](C=O)(COCc2ccccc2)OC1=O. The van der Waals surface area contributed by atoms with Gasteiger partial charge in [-0.2, -0.15) is 0 Å². The van der Waals surface area contributed by atoms with E-state index in [0.717, 1.165) is 24.7 Å². The van der Waals surface area contributed by atoms with Gasteiger partial charge in [0, 0.05) is 12.0 Å². The van der Waals surface area contributed by atoms with Crippen LogP contribution >= 0.6 is 0 Å². The Labute approximate surface area is 213 Å². The summed E-state index contributed by atoms with van der Waals surface area (Å²) in [6.45, 7) is 2.74. The third kappa shape index (κ3) is 12.4. The molecule has 0 spiro atoms. The van der Waals surface area contributed by atoms with E-state index in [-0.39, 0.29) is 12.6 Å². The molecule has 0 amide bonds. The second-order valence-electron chi connectivity index (χ2n) is 9.83. The Bertz CT molecular complexity index is 767. The number of allylic oxidation sites excluding steroid dienone is 3. The summed E-state index contributed by atoms with van der Waals surface area (Å²) in [5.74, 6) is -0.381. The second-order valence-corrected chi connectivity index (χ2v) is 9.83. The number of cyclic esters (lactones) is 1. The first-order valence-corrected chi connectivity index (χ1v) is 13.8. The molecule has 4 heteroatoms. The molecule has 0 N–H and O–H groups in total.